The Morgan fingerprint density at radius 1 is 1.17 bits per heavy atom. The molecule has 36 heavy (non-hydrogen) atoms. The van der Waals surface area contributed by atoms with Gasteiger partial charge in [-0.05, 0) is 60.2 Å². The van der Waals surface area contributed by atoms with E-state index in [-0.39, 0.29) is 35.3 Å². The molecule has 0 unspecified atom stereocenters. The first-order valence-corrected chi connectivity index (χ1v) is 11.3. The molecule has 0 aliphatic heterocycles. The number of nitrogens with zero attached hydrogens (tertiary/aromatic N) is 4. The van der Waals surface area contributed by atoms with Gasteiger partial charge in [-0.15, -0.1) is 0 Å². The van der Waals surface area contributed by atoms with Crippen LogP contribution >= 0.6 is 0 Å². The number of nitrogen functional groups attached to an aromatic ring is 1. The summed E-state index contributed by atoms with van der Waals surface area (Å²) in [5.41, 5.74) is 10.1. The highest BCUT2D eigenvalue weighted by Crippen LogP contribution is 2.34. The van der Waals surface area contributed by atoms with Crippen molar-refractivity contribution in [3.63, 3.8) is 0 Å². The van der Waals surface area contributed by atoms with Crippen LogP contribution in [0.4, 0.5) is 5.69 Å². The van der Waals surface area contributed by atoms with Crippen molar-refractivity contribution in [2.24, 2.45) is 0 Å². The third kappa shape index (κ3) is 4.22. The highest BCUT2D eigenvalue weighted by molar-refractivity contribution is 5.98. The largest absolute Gasteiger partial charge is 0.478 e. The van der Waals surface area contributed by atoms with E-state index in [0.29, 0.717) is 24.1 Å². The van der Waals surface area contributed by atoms with Gasteiger partial charge in [-0.1, -0.05) is 18.2 Å². The molecule has 2 heterocycles. The number of carboxylic acid groups (broad SMARTS) is 1. The maximum Gasteiger partial charge on any atom is 0.335 e. The van der Waals surface area contributed by atoms with Gasteiger partial charge >= 0.3 is 5.97 Å². The Morgan fingerprint density at radius 2 is 2.00 bits per heavy atom. The summed E-state index contributed by atoms with van der Waals surface area (Å²) in [4.78, 5) is 45.9. The van der Waals surface area contributed by atoms with E-state index in [1.54, 1.807) is 37.3 Å². The number of carbonyl (C=O) groups excluding carboxylic acids is 2. The Morgan fingerprint density at radius 3 is 2.78 bits per heavy atom. The lowest BCUT2D eigenvalue weighted by molar-refractivity contribution is 0.0695. The number of carboxylic acids is 1. The lowest BCUT2D eigenvalue weighted by Gasteiger charge is -2.16. The highest BCUT2D eigenvalue weighted by atomic mass is 16.4. The number of hydrogen-bond donors (Lipinski definition) is 4. The van der Waals surface area contributed by atoms with Crippen LogP contribution in [-0.4, -0.2) is 42.5 Å². The molecule has 0 fully saturated rings. The molecular formula is C25H23N7O4. The first-order chi connectivity index (χ1) is 17.3. The maximum atomic E-state index is 13.3. The molecule has 2 amide bonds. The van der Waals surface area contributed by atoms with Crippen molar-refractivity contribution >= 4 is 29.2 Å². The number of amides is 2. The van der Waals surface area contributed by atoms with Crippen LogP contribution in [0.25, 0.3) is 5.78 Å². The molecule has 0 radical (unpaired) electrons. The summed E-state index contributed by atoms with van der Waals surface area (Å²) in [5, 5.41) is 19.2. The standard InChI is InChI=1S/C25H23N7O4/c1-13-16-7-8-19(18(16)6-5-17(13)24(35)36)30-23(34)21-10-20(31-25-28-12-29-32(21)25)22(33)27-11-14-3-2-4-15(26)9-14/h2-6,9-10,12,19H,7-8,11,26H2,1H3,(H,27,33)(H,30,34)(H,35,36)/t19-/m0/s1. The van der Waals surface area contributed by atoms with Gasteiger partial charge in [-0.25, -0.2) is 9.78 Å². The Kier molecular flexibility index (Phi) is 5.80. The molecular weight excluding hydrogens is 462 g/mol. The van der Waals surface area contributed by atoms with Crippen LogP contribution in [0, 0.1) is 6.92 Å². The van der Waals surface area contributed by atoms with Crippen LogP contribution in [0.2, 0.25) is 0 Å². The molecule has 1 aliphatic carbocycles. The zero-order chi connectivity index (χ0) is 25.4. The van der Waals surface area contributed by atoms with Gasteiger partial charge in [0.15, 0.2) is 0 Å². The fourth-order valence-corrected chi connectivity index (χ4v) is 4.56. The van der Waals surface area contributed by atoms with Gasteiger partial charge in [-0.2, -0.15) is 14.6 Å². The molecule has 0 spiro atoms. The van der Waals surface area contributed by atoms with Crippen molar-refractivity contribution in [1.82, 2.24) is 30.2 Å². The monoisotopic (exact) mass is 485 g/mol. The number of nitrogens with two attached hydrogens (primary N) is 1. The number of rotatable bonds is 6. The number of carbonyl (C=O) groups is 3. The Hall–Kier alpha value is -4.80. The van der Waals surface area contributed by atoms with E-state index in [1.807, 2.05) is 6.07 Å². The molecule has 11 nitrogen and oxygen atoms in total. The quantitative estimate of drug-likeness (QED) is 0.301. The molecule has 11 heteroatoms. The Labute approximate surface area is 205 Å². The van der Waals surface area contributed by atoms with Crippen LogP contribution in [0.5, 0.6) is 0 Å². The van der Waals surface area contributed by atoms with Crippen molar-refractivity contribution in [1.29, 1.82) is 0 Å². The first kappa shape index (κ1) is 23.0. The molecule has 5 rings (SSSR count). The Bertz CT molecular complexity index is 1530. The van der Waals surface area contributed by atoms with Crippen LogP contribution in [0.1, 0.15) is 66.1 Å². The summed E-state index contributed by atoms with van der Waals surface area (Å²) in [6.07, 6.45) is 2.54. The zero-order valence-corrected chi connectivity index (χ0v) is 19.4. The average Bonchev–Trinajstić information content (AvgIpc) is 3.49. The number of benzene rings is 2. The van der Waals surface area contributed by atoms with Gasteiger partial charge in [0, 0.05) is 18.3 Å². The molecule has 1 atom stereocenters. The summed E-state index contributed by atoms with van der Waals surface area (Å²) in [6.45, 7) is 2.02. The van der Waals surface area contributed by atoms with Crippen molar-refractivity contribution in [2.75, 3.05) is 5.73 Å². The van der Waals surface area contributed by atoms with Gasteiger partial charge in [0.05, 0.1) is 11.6 Å². The van der Waals surface area contributed by atoms with Gasteiger partial charge in [0.2, 0.25) is 0 Å². The van der Waals surface area contributed by atoms with Crippen molar-refractivity contribution in [2.45, 2.75) is 32.4 Å². The SMILES string of the molecule is Cc1c(C(=O)O)ccc2c1CC[C@@H]2NC(=O)c1cc(C(=O)NCc2cccc(N)c2)nc2ncnn12. The minimum Gasteiger partial charge on any atom is -0.478 e. The van der Waals surface area contributed by atoms with E-state index in [4.69, 9.17) is 5.73 Å². The maximum absolute atomic E-state index is 13.3. The van der Waals surface area contributed by atoms with Crippen LogP contribution in [-0.2, 0) is 13.0 Å². The predicted molar refractivity (Wildman–Crippen MR) is 129 cm³/mol. The van der Waals surface area contributed by atoms with E-state index in [9.17, 15) is 19.5 Å². The molecule has 0 bridgehead atoms. The average molecular weight is 486 g/mol. The molecule has 2 aromatic heterocycles. The van der Waals surface area contributed by atoms with E-state index >= 15 is 0 Å². The first-order valence-electron chi connectivity index (χ1n) is 11.3. The normalized spacial score (nSPS) is 14.4. The van der Waals surface area contributed by atoms with Crippen molar-refractivity contribution in [3.05, 3.63) is 88.0 Å². The van der Waals surface area contributed by atoms with Crippen molar-refractivity contribution < 1.29 is 19.5 Å². The summed E-state index contributed by atoms with van der Waals surface area (Å²) < 4.78 is 1.28. The molecule has 182 valence electrons. The fraction of sp³-hybridized carbons (Fsp3) is 0.200. The third-order valence-electron chi connectivity index (χ3n) is 6.35. The van der Waals surface area contributed by atoms with Crippen molar-refractivity contribution in [3.8, 4) is 0 Å². The van der Waals surface area contributed by atoms with Gasteiger partial charge in [-0.3, -0.25) is 9.59 Å². The molecule has 1 aliphatic rings. The van der Waals surface area contributed by atoms with E-state index < -0.39 is 17.8 Å². The molecule has 0 saturated carbocycles. The summed E-state index contributed by atoms with van der Waals surface area (Å²) in [7, 11) is 0. The van der Waals surface area contributed by atoms with Crippen LogP contribution in [0.15, 0.2) is 48.8 Å². The van der Waals surface area contributed by atoms with Gasteiger partial charge in [0.1, 0.15) is 17.7 Å². The molecule has 5 N–H and O–H groups in total. The molecule has 0 saturated heterocycles. The van der Waals surface area contributed by atoms with E-state index in [1.165, 1.54) is 16.9 Å². The minimum atomic E-state index is -0.977. The summed E-state index contributed by atoms with van der Waals surface area (Å²) in [5.74, 6) is -1.78. The number of nitrogens with one attached hydrogen (secondary N) is 2. The molecule has 2 aromatic carbocycles. The van der Waals surface area contributed by atoms with E-state index in [2.05, 4.69) is 25.7 Å². The Balaban J connectivity index is 1.38. The second-order valence-electron chi connectivity index (χ2n) is 8.60. The number of fused-ring (bicyclic) bond motifs is 2. The summed E-state index contributed by atoms with van der Waals surface area (Å²) >= 11 is 0. The van der Waals surface area contributed by atoms with Gasteiger partial charge in [0.25, 0.3) is 17.6 Å². The summed E-state index contributed by atoms with van der Waals surface area (Å²) in [6, 6.07) is 11.5. The fourth-order valence-electron chi connectivity index (χ4n) is 4.56. The number of anilines is 1. The number of aromatic nitrogens is 4. The van der Waals surface area contributed by atoms with E-state index in [0.717, 1.165) is 16.7 Å². The number of hydrogen-bond acceptors (Lipinski definition) is 7. The van der Waals surface area contributed by atoms with Crippen LogP contribution in [0.3, 0.4) is 0 Å². The third-order valence-corrected chi connectivity index (χ3v) is 6.35. The lowest BCUT2D eigenvalue weighted by Crippen LogP contribution is -2.30. The number of aromatic carboxylic acids is 1. The second kappa shape index (κ2) is 9.10. The second-order valence-corrected chi connectivity index (χ2v) is 8.60. The lowest BCUT2D eigenvalue weighted by atomic mass is 9.98. The topological polar surface area (TPSA) is 165 Å². The highest BCUT2D eigenvalue weighted by Gasteiger charge is 2.29. The molecule has 4 aromatic rings. The predicted octanol–water partition coefficient (Wildman–Crippen LogP) is 2.06. The van der Waals surface area contributed by atoms with Gasteiger partial charge < -0.3 is 21.5 Å². The minimum absolute atomic E-state index is 0.0262. The van der Waals surface area contributed by atoms with Crippen LogP contribution < -0.4 is 16.4 Å². The smallest absolute Gasteiger partial charge is 0.335 e. The zero-order valence-electron chi connectivity index (χ0n) is 19.4.